The number of urea groups is 1. The van der Waals surface area contributed by atoms with Gasteiger partial charge in [0.2, 0.25) is 5.91 Å². The van der Waals surface area contributed by atoms with Crippen molar-refractivity contribution >= 4 is 33.6 Å². The van der Waals surface area contributed by atoms with Gasteiger partial charge in [-0.25, -0.2) is 4.79 Å². The van der Waals surface area contributed by atoms with Crippen LogP contribution in [-0.2, 0) is 4.79 Å². The minimum absolute atomic E-state index is 0.201. The molecule has 6 heteroatoms. The molecule has 0 aromatic heterocycles. The highest BCUT2D eigenvalue weighted by Crippen LogP contribution is 2.17. The van der Waals surface area contributed by atoms with Gasteiger partial charge < -0.3 is 10.6 Å². The normalized spacial score (nSPS) is 16.3. The first kappa shape index (κ1) is 15.8. The van der Waals surface area contributed by atoms with Gasteiger partial charge in [-0.15, -0.1) is 0 Å². The number of amides is 3. The molecule has 0 spiro atoms. The molecule has 1 aromatic rings. The Morgan fingerprint density at radius 2 is 1.81 bits per heavy atom. The molecule has 1 atom stereocenters. The Labute approximate surface area is 133 Å². The molecule has 0 bridgehead atoms. The second-order valence-electron chi connectivity index (χ2n) is 5.32. The van der Waals surface area contributed by atoms with Crippen LogP contribution in [0.25, 0.3) is 0 Å². The van der Waals surface area contributed by atoms with Crippen LogP contribution in [-0.4, -0.2) is 24.0 Å². The number of rotatable bonds is 4. The lowest BCUT2D eigenvalue weighted by Gasteiger charge is -2.16. The molecule has 0 unspecified atom stereocenters. The summed E-state index contributed by atoms with van der Waals surface area (Å²) in [4.78, 5) is 23.7. The maximum Gasteiger partial charge on any atom is 0.321 e. The SMILES string of the molecule is C[C@H](Nc1ccc(Br)cc1)C(=O)NC(=O)NC1CCCC1. The third kappa shape index (κ3) is 5.04. The maximum absolute atomic E-state index is 12.0. The highest BCUT2D eigenvalue weighted by molar-refractivity contribution is 9.10. The van der Waals surface area contributed by atoms with Crippen LogP contribution in [0.15, 0.2) is 28.7 Å². The van der Waals surface area contributed by atoms with Crippen LogP contribution in [0.1, 0.15) is 32.6 Å². The van der Waals surface area contributed by atoms with E-state index in [1.165, 1.54) is 0 Å². The molecular formula is C15H20BrN3O2. The highest BCUT2D eigenvalue weighted by atomic mass is 79.9. The number of carbonyl (C=O) groups excluding carboxylic acids is 2. The standard InChI is InChI=1S/C15H20BrN3O2/c1-10(17-13-8-6-11(16)7-9-13)14(20)19-15(21)18-12-4-2-3-5-12/h6-10,12,17H,2-5H2,1H3,(H2,18,19,20,21)/t10-/m0/s1. The minimum atomic E-state index is -0.486. The summed E-state index contributed by atoms with van der Waals surface area (Å²) in [5.74, 6) is -0.339. The van der Waals surface area contributed by atoms with Gasteiger partial charge in [0.15, 0.2) is 0 Å². The number of hydrogen-bond donors (Lipinski definition) is 3. The molecule has 21 heavy (non-hydrogen) atoms. The van der Waals surface area contributed by atoms with E-state index in [1.807, 2.05) is 24.3 Å². The average Bonchev–Trinajstić information content (AvgIpc) is 2.94. The van der Waals surface area contributed by atoms with Crippen molar-refractivity contribution in [3.8, 4) is 0 Å². The van der Waals surface area contributed by atoms with Crippen LogP contribution in [0.3, 0.4) is 0 Å². The highest BCUT2D eigenvalue weighted by Gasteiger charge is 2.20. The van der Waals surface area contributed by atoms with Crippen LogP contribution in [0.2, 0.25) is 0 Å². The topological polar surface area (TPSA) is 70.2 Å². The number of imide groups is 1. The van der Waals surface area contributed by atoms with Crippen molar-refractivity contribution in [3.05, 3.63) is 28.7 Å². The number of carbonyl (C=O) groups is 2. The number of anilines is 1. The Kier molecular flexibility index (Phi) is 5.61. The molecule has 1 aliphatic carbocycles. The molecule has 1 aromatic carbocycles. The molecular weight excluding hydrogens is 334 g/mol. The average molecular weight is 354 g/mol. The quantitative estimate of drug-likeness (QED) is 0.779. The smallest absolute Gasteiger partial charge is 0.321 e. The predicted octanol–water partition coefficient (Wildman–Crippen LogP) is 3.02. The first-order valence-corrected chi connectivity index (χ1v) is 7.97. The summed E-state index contributed by atoms with van der Waals surface area (Å²) < 4.78 is 0.973. The van der Waals surface area contributed by atoms with E-state index in [1.54, 1.807) is 6.92 Å². The van der Waals surface area contributed by atoms with Crippen molar-refractivity contribution in [2.24, 2.45) is 0 Å². The maximum atomic E-state index is 12.0. The molecule has 3 amide bonds. The zero-order valence-corrected chi connectivity index (χ0v) is 13.6. The van der Waals surface area contributed by atoms with Crippen LogP contribution >= 0.6 is 15.9 Å². The Hall–Kier alpha value is -1.56. The van der Waals surface area contributed by atoms with Gasteiger partial charge in [0.1, 0.15) is 6.04 Å². The summed E-state index contributed by atoms with van der Waals surface area (Å²) in [6, 6.07) is 6.82. The van der Waals surface area contributed by atoms with E-state index in [9.17, 15) is 9.59 Å². The van der Waals surface area contributed by atoms with Gasteiger partial charge in [0.05, 0.1) is 0 Å². The summed E-state index contributed by atoms with van der Waals surface area (Å²) in [5, 5.41) is 8.26. The summed E-state index contributed by atoms with van der Waals surface area (Å²) >= 11 is 3.35. The van der Waals surface area contributed by atoms with Crippen molar-refractivity contribution in [1.82, 2.24) is 10.6 Å². The van der Waals surface area contributed by atoms with E-state index in [-0.39, 0.29) is 11.9 Å². The van der Waals surface area contributed by atoms with Crippen molar-refractivity contribution in [3.63, 3.8) is 0 Å². The van der Waals surface area contributed by atoms with Crippen molar-refractivity contribution < 1.29 is 9.59 Å². The van der Waals surface area contributed by atoms with E-state index in [2.05, 4.69) is 31.9 Å². The fourth-order valence-electron chi connectivity index (χ4n) is 2.37. The molecule has 0 radical (unpaired) electrons. The first-order valence-electron chi connectivity index (χ1n) is 7.18. The van der Waals surface area contributed by atoms with Crippen molar-refractivity contribution in [2.45, 2.75) is 44.7 Å². The minimum Gasteiger partial charge on any atom is -0.374 e. The number of nitrogens with one attached hydrogen (secondary N) is 3. The molecule has 1 saturated carbocycles. The third-order valence-corrected chi connectivity index (χ3v) is 4.08. The third-order valence-electron chi connectivity index (χ3n) is 3.55. The molecule has 1 fully saturated rings. The van der Waals surface area contributed by atoms with Gasteiger partial charge in [0, 0.05) is 16.2 Å². The van der Waals surface area contributed by atoms with Crippen LogP contribution in [0.5, 0.6) is 0 Å². The fraction of sp³-hybridized carbons (Fsp3) is 0.467. The van der Waals surface area contributed by atoms with Crippen LogP contribution in [0, 0.1) is 0 Å². The summed E-state index contributed by atoms with van der Waals surface area (Å²) in [7, 11) is 0. The second-order valence-corrected chi connectivity index (χ2v) is 6.23. The fourth-order valence-corrected chi connectivity index (χ4v) is 2.64. The Balaban J connectivity index is 1.78. The summed E-state index contributed by atoms with van der Waals surface area (Å²) in [6.07, 6.45) is 4.27. The summed E-state index contributed by atoms with van der Waals surface area (Å²) in [5.41, 5.74) is 0.831. The predicted molar refractivity (Wildman–Crippen MR) is 86.2 cm³/mol. The Morgan fingerprint density at radius 1 is 1.19 bits per heavy atom. The van der Waals surface area contributed by atoms with E-state index in [0.717, 1.165) is 35.8 Å². The van der Waals surface area contributed by atoms with E-state index in [0.29, 0.717) is 0 Å². The largest absolute Gasteiger partial charge is 0.374 e. The Bertz CT molecular complexity index is 498. The molecule has 0 aliphatic heterocycles. The second kappa shape index (κ2) is 7.45. The van der Waals surface area contributed by atoms with Gasteiger partial charge in [-0.05, 0) is 44.0 Å². The van der Waals surface area contributed by atoms with Gasteiger partial charge in [0.25, 0.3) is 0 Å². The zero-order valence-electron chi connectivity index (χ0n) is 12.0. The molecule has 2 rings (SSSR count). The van der Waals surface area contributed by atoms with E-state index in [4.69, 9.17) is 0 Å². The van der Waals surface area contributed by atoms with Gasteiger partial charge in [-0.2, -0.15) is 0 Å². The Morgan fingerprint density at radius 3 is 2.43 bits per heavy atom. The van der Waals surface area contributed by atoms with Crippen molar-refractivity contribution in [1.29, 1.82) is 0 Å². The van der Waals surface area contributed by atoms with E-state index < -0.39 is 12.1 Å². The molecule has 0 heterocycles. The monoisotopic (exact) mass is 353 g/mol. The molecule has 0 saturated heterocycles. The zero-order chi connectivity index (χ0) is 15.2. The molecule has 3 N–H and O–H groups in total. The number of benzene rings is 1. The van der Waals surface area contributed by atoms with Crippen molar-refractivity contribution in [2.75, 3.05) is 5.32 Å². The number of halogens is 1. The summed E-state index contributed by atoms with van der Waals surface area (Å²) in [6.45, 7) is 1.72. The van der Waals surface area contributed by atoms with Crippen LogP contribution in [0.4, 0.5) is 10.5 Å². The van der Waals surface area contributed by atoms with Crippen LogP contribution < -0.4 is 16.0 Å². The van der Waals surface area contributed by atoms with Gasteiger partial charge in [-0.3, -0.25) is 10.1 Å². The molecule has 1 aliphatic rings. The lowest BCUT2D eigenvalue weighted by molar-refractivity contribution is -0.120. The molecule has 114 valence electrons. The lowest BCUT2D eigenvalue weighted by atomic mass is 10.2. The van der Waals surface area contributed by atoms with Gasteiger partial charge in [-0.1, -0.05) is 28.8 Å². The number of hydrogen-bond acceptors (Lipinski definition) is 3. The van der Waals surface area contributed by atoms with Gasteiger partial charge >= 0.3 is 6.03 Å². The lowest BCUT2D eigenvalue weighted by Crippen LogP contribution is -2.48. The first-order chi connectivity index (χ1) is 10.0. The molecule has 5 nitrogen and oxygen atoms in total. The van der Waals surface area contributed by atoms with E-state index >= 15 is 0 Å².